The Hall–Kier alpha value is -1.10. The average molecular weight is 216 g/mol. The van der Waals surface area contributed by atoms with E-state index in [1.54, 1.807) is 13.8 Å². The predicted octanol–water partition coefficient (Wildman–Crippen LogP) is 0.571. The second-order valence-electron chi connectivity index (χ2n) is 4.70. The van der Waals surface area contributed by atoms with E-state index in [4.69, 9.17) is 10.2 Å². The lowest BCUT2D eigenvalue weighted by molar-refractivity contribution is -0.163. The Bertz CT molecular complexity index is 296. The van der Waals surface area contributed by atoms with E-state index in [2.05, 4.69) is 0 Å². The summed E-state index contributed by atoms with van der Waals surface area (Å²) in [5, 5.41) is 27.4. The Morgan fingerprint density at radius 3 is 2.07 bits per heavy atom. The minimum Gasteiger partial charge on any atom is -0.481 e. The van der Waals surface area contributed by atoms with Gasteiger partial charge in [-0.05, 0) is 18.3 Å². The number of hydrogen-bond acceptors (Lipinski definition) is 3. The third-order valence-corrected chi connectivity index (χ3v) is 3.94. The lowest BCUT2D eigenvalue weighted by Crippen LogP contribution is -2.47. The zero-order valence-electron chi connectivity index (χ0n) is 8.86. The maximum Gasteiger partial charge on any atom is 0.312 e. The molecule has 0 heterocycles. The first-order valence-electron chi connectivity index (χ1n) is 4.86. The van der Waals surface area contributed by atoms with Crippen molar-refractivity contribution >= 4 is 11.9 Å². The van der Waals surface area contributed by atoms with Gasteiger partial charge in [0, 0.05) is 0 Å². The molecule has 0 saturated heterocycles. The molecule has 3 N–H and O–H groups in total. The molecule has 0 radical (unpaired) electrons. The smallest absolute Gasteiger partial charge is 0.312 e. The third kappa shape index (κ3) is 1.42. The molecule has 1 saturated carbocycles. The van der Waals surface area contributed by atoms with Crippen LogP contribution in [0.15, 0.2) is 0 Å². The Morgan fingerprint density at radius 1 is 1.33 bits per heavy atom. The molecule has 0 amide bonds. The largest absolute Gasteiger partial charge is 0.481 e. The zero-order valence-corrected chi connectivity index (χ0v) is 8.86. The molecule has 0 spiro atoms. The molecular weight excluding hydrogens is 200 g/mol. The summed E-state index contributed by atoms with van der Waals surface area (Å²) in [6, 6.07) is 0. The van der Waals surface area contributed by atoms with Gasteiger partial charge < -0.3 is 15.3 Å². The van der Waals surface area contributed by atoms with Crippen molar-refractivity contribution in [3.63, 3.8) is 0 Å². The van der Waals surface area contributed by atoms with Crippen LogP contribution in [-0.4, -0.2) is 33.9 Å². The van der Waals surface area contributed by atoms with E-state index in [1.165, 1.54) is 0 Å². The van der Waals surface area contributed by atoms with Crippen molar-refractivity contribution in [1.29, 1.82) is 0 Å². The van der Waals surface area contributed by atoms with E-state index >= 15 is 0 Å². The van der Waals surface area contributed by atoms with Gasteiger partial charge in [0.25, 0.3) is 0 Å². The quantitative estimate of drug-likeness (QED) is 0.641. The molecule has 1 fully saturated rings. The summed E-state index contributed by atoms with van der Waals surface area (Å²) in [4.78, 5) is 22.2. The standard InChI is InChI=1S/C10H16O5/c1-9(2)6(7(12)13)3-4-10(9,5-11)8(14)15/h6,11H,3-5H2,1-2H3,(H,12,13)(H,14,15)/t6-,10+/m1/s1. The summed E-state index contributed by atoms with van der Waals surface area (Å²) < 4.78 is 0. The molecule has 5 heteroatoms. The molecule has 5 nitrogen and oxygen atoms in total. The van der Waals surface area contributed by atoms with Crippen LogP contribution in [0.3, 0.4) is 0 Å². The maximum atomic E-state index is 11.2. The predicted molar refractivity (Wildman–Crippen MR) is 51.3 cm³/mol. The van der Waals surface area contributed by atoms with Gasteiger partial charge in [-0.2, -0.15) is 0 Å². The van der Waals surface area contributed by atoms with E-state index < -0.39 is 35.3 Å². The Morgan fingerprint density at radius 2 is 1.87 bits per heavy atom. The third-order valence-electron chi connectivity index (χ3n) is 3.94. The second kappa shape index (κ2) is 3.48. The minimum atomic E-state index is -1.32. The maximum absolute atomic E-state index is 11.2. The number of aliphatic hydroxyl groups excluding tert-OH is 1. The van der Waals surface area contributed by atoms with Crippen LogP contribution in [0.4, 0.5) is 0 Å². The number of carboxylic acids is 2. The molecule has 0 aliphatic heterocycles. The van der Waals surface area contributed by atoms with Crippen molar-refractivity contribution in [1.82, 2.24) is 0 Å². The lowest BCUT2D eigenvalue weighted by Gasteiger charge is -2.38. The van der Waals surface area contributed by atoms with Crippen molar-refractivity contribution in [3.8, 4) is 0 Å². The number of aliphatic carboxylic acids is 2. The van der Waals surface area contributed by atoms with Crippen LogP contribution in [0.5, 0.6) is 0 Å². The second-order valence-corrected chi connectivity index (χ2v) is 4.70. The topological polar surface area (TPSA) is 94.8 Å². The minimum absolute atomic E-state index is 0.211. The number of aliphatic hydroxyl groups is 1. The molecule has 15 heavy (non-hydrogen) atoms. The van der Waals surface area contributed by atoms with Crippen LogP contribution in [0.2, 0.25) is 0 Å². The SMILES string of the molecule is CC1(C)[C@@H](C(=O)O)CC[C@]1(CO)C(=O)O. The average Bonchev–Trinajstić information content (AvgIpc) is 2.37. The highest BCUT2D eigenvalue weighted by Crippen LogP contribution is 2.56. The van der Waals surface area contributed by atoms with Crippen LogP contribution in [0.1, 0.15) is 26.7 Å². The van der Waals surface area contributed by atoms with Gasteiger partial charge in [0.1, 0.15) is 0 Å². The van der Waals surface area contributed by atoms with Gasteiger partial charge in [0.05, 0.1) is 17.9 Å². The number of carbonyl (C=O) groups is 2. The van der Waals surface area contributed by atoms with Crippen LogP contribution in [-0.2, 0) is 9.59 Å². The zero-order chi connectivity index (χ0) is 11.9. The Kier molecular flexibility index (Phi) is 2.78. The molecule has 86 valence electrons. The van der Waals surface area contributed by atoms with Crippen molar-refractivity contribution in [2.24, 2.45) is 16.7 Å². The highest BCUT2D eigenvalue weighted by molar-refractivity contribution is 5.80. The number of carboxylic acid groups (broad SMARTS) is 2. The normalized spacial score (nSPS) is 33.9. The summed E-state index contributed by atoms with van der Waals surface area (Å²) in [5.41, 5.74) is -2.25. The summed E-state index contributed by atoms with van der Waals surface area (Å²) >= 11 is 0. The molecule has 0 bridgehead atoms. The van der Waals surface area contributed by atoms with Gasteiger partial charge in [-0.1, -0.05) is 13.8 Å². The van der Waals surface area contributed by atoms with E-state index in [0.29, 0.717) is 6.42 Å². The van der Waals surface area contributed by atoms with Gasteiger partial charge in [0.15, 0.2) is 0 Å². The fourth-order valence-electron chi connectivity index (χ4n) is 2.57. The lowest BCUT2D eigenvalue weighted by atomic mass is 9.65. The van der Waals surface area contributed by atoms with Gasteiger partial charge >= 0.3 is 11.9 Å². The van der Waals surface area contributed by atoms with Gasteiger partial charge in [-0.3, -0.25) is 9.59 Å². The monoisotopic (exact) mass is 216 g/mol. The van der Waals surface area contributed by atoms with Crippen LogP contribution in [0, 0.1) is 16.7 Å². The van der Waals surface area contributed by atoms with Crippen molar-refractivity contribution in [2.75, 3.05) is 6.61 Å². The highest BCUT2D eigenvalue weighted by atomic mass is 16.4. The summed E-state index contributed by atoms with van der Waals surface area (Å²) in [7, 11) is 0. The van der Waals surface area contributed by atoms with E-state index in [1.807, 2.05) is 0 Å². The first kappa shape index (κ1) is 12.0. The summed E-state index contributed by atoms with van der Waals surface area (Å²) in [6.45, 7) is 2.69. The highest BCUT2D eigenvalue weighted by Gasteiger charge is 2.61. The number of rotatable bonds is 3. The van der Waals surface area contributed by atoms with Crippen molar-refractivity contribution < 1.29 is 24.9 Å². The first-order valence-corrected chi connectivity index (χ1v) is 4.86. The molecule has 0 aromatic carbocycles. The van der Waals surface area contributed by atoms with Gasteiger partial charge in [-0.25, -0.2) is 0 Å². The fraction of sp³-hybridized carbons (Fsp3) is 0.800. The van der Waals surface area contributed by atoms with Crippen molar-refractivity contribution in [3.05, 3.63) is 0 Å². The molecule has 2 atom stereocenters. The summed E-state index contributed by atoms with van der Waals surface area (Å²) in [5.74, 6) is -2.81. The van der Waals surface area contributed by atoms with Gasteiger partial charge in [0.2, 0.25) is 0 Å². The van der Waals surface area contributed by atoms with Crippen LogP contribution >= 0.6 is 0 Å². The van der Waals surface area contributed by atoms with E-state index in [9.17, 15) is 14.7 Å². The first-order chi connectivity index (χ1) is 6.79. The molecule has 1 aliphatic carbocycles. The fourth-order valence-corrected chi connectivity index (χ4v) is 2.57. The van der Waals surface area contributed by atoms with Crippen molar-refractivity contribution in [2.45, 2.75) is 26.7 Å². The molecule has 1 aliphatic rings. The Balaban J connectivity index is 3.15. The molecule has 0 unspecified atom stereocenters. The summed E-state index contributed by atoms with van der Waals surface area (Å²) in [6.07, 6.45) is 0.512. The Labute approximate surface area is 87.7 Å². The molecule has 1 rings (SSSR count). The molecule has 0 aromatic rings. The number of hydrogen-bond donors (Lipinski definition) is 3. The van der Waals surface area contributed by atoms with E-state index in [0.717, 1.165) is 0 Å². The molecule has 0 aromatic heterocycles. The van der Waals surface area contributed by atoms with Crippen LogP contribution < -0.4 is 0 Å². The van der Waals surface area contributed by atoms with Gasteiger partial charge in [-0.15, -0.1) is 0 Å². The van der Waals surface area contributed by atoms with Crippen LogP contribution in [0.25, 0.3) is 0 Å². The van der Waals surface area contributed by atoms with E-state index in [-0.39, 0.29) is 6.42 Å². The molecular formula is C10H16O5.